The van der Waals surface area contributed by atoms with E-state index in [1.54, 1.807) is 0 Å². The summed E-state index contributed by atoms with van der Waals surface area (Å²) in [5, 5.41) is 0. The molecule has 0 bridgehead atoms. The molecule has 1 aromatic rings. The molecular formula is C15H20BrNO. The Morgan fingerprint density at radius 2 is 2.11 bits per heavy atom. The van der Waals surface area contributed by atoms with Crippen LogP contribution in [0, 0.1) is 5.41 Å². The zero-order valence-corrected chi connectivity index (χ0v) is 12.7. The maximum Gasteiger partial charge on any atom is 0.152 e. The van der Waals surface area contributed by atoms with Crippen LogP contribution in [0.25, 0.3) is 0 Å². The number of nitrogens with zero attached hydrogens (tertiary/aromatic N) is 1. The maximum atomic E-state index is 11.2. The number of hydrogen-bond donors (Lipinski definition) is 0. The quantitative estimate of drug-likeness (QED) is 0.774. The first-order valence-electron chi connectivity index (χ1n) is 6.64. The number of aldehydes is 1. The molecule has 0 aromatic heterocycles. The summed E-state index contributed by atoms with van der Waals surface area (Å²) in [6.07, 6.45) is 4.62. The molecular weight excluding hydrogens is 290 g/mol. The molecule has 1 aliphatic heterocycles. The van der Waals surface area contributed by atoms with Gasteiger partial charge in [-0.15, -0.1) is 0 Å². The van der Waals surface area contributed by atoms with Crippen molar-refractivity contribution in [3.8, 4) is 0 Å². The van der Waals surface area contributed by atoms with Crippen LogP contribution < -0.4 is 4.90 Å². The van der Waals surface area contributed by atoms with Gasteiger partial charge in [-0.2, -0.15) is 0 Å². The first-order valence-corrected chi connectivity index (χ1v) is 7.43. The molecule has 0 aliphatic carbocycles. The van der Waals surface area contributed by atoms with Crippen LogP contribution in [0.5, 0.6) is 0 Å². The minimum absolute atomic E-state index is 0.438. The van der Waals surface area contributed by atoms with Crippen LogP contribution >= 0.6 is 15.9 Å². The van der Waals surface area contributed by atoms with Gasteiger partial charge in [-0.1, -0.05) is 29.8 Å². The largest absolute Gasteiger partial charge is 0.370 e. The molecule has 0 atom stereocenters. The molecule has 0 unspecified atom stereocenters. The molecule has 0 spiro atoms. The van der Waals surface area contributed by atoms with Gasteiger partial charge in [-0.25, -0.2) is 0 Å². The fraction of sp³-hybridized carbons (Fsp3) is 0.533. The average Bonchev–Trinajstić information content (AvgIpc) is 2.83. The third-order valence-corrected chi connectivity index (χ3v) is 4.89. The van der Waals surface area contributed by atoms with Crippen molar-refractivity contribution in [2.75, 3.05) is 18.0 Å². The van der Waals surface area contributed by atoms with Crippen molar-refractivity contribution in [1.29, 1.82) is 0 Å². The molecule has 0 amide bonds. The summed E-state index contributed by atoms with van der Waals surface area (Å²) in [6, 6.07) is 5.97. The van der Waals surface area contributed by atoms with Crippen molar-refractivity contribution in [1.82, 2.24) is 0 Å². The second kappa shape index (κ2) is 5.43. The molecule has 0 saturated carbocycles. The van der Waals surface area contributed by atoms with Crippen LogP contribution in [0.2, 0.25) is 0 Å². The lowest BCUT2D eigenvalue weighted by atomic mass is 9.82. The van der Waals surface area contributed by atoms with Crippen LogP contribution in [0.15, 0.2) is 22.7 Å². The number of rotatable bonds is 4. The van der Waals surface area contributed by atoms with E-state index in [4.69, 9.17) is 0 Å². The number of halogens is 1. The van der Waals surface area contributed by atoms with E-state index in [0.717, 1.165) is 35.1 Å². The molecule has 1 aliphatic rings. The highest BCUT2D eigenvalue weighted by Gasteiger charge is 2.35. The Balaban J connectivity index is 2.26. The van der Waals surface area contributed by atoms with Gasteiger partial charge in [-0.3, -0.25) is 4.79 Å². The Labute approximate surface area is 117 Å². The van der Waals surface area contributed by atoms with E-state index in [1.807, 2.05) is 12.1 Å². The summed E-state index contributed by atoms with van der Waals surface area (Å²) in [5.41, 5.74) is 2.30. The Morgan fingerprint density at radius 3 is 2.67 bits per heavy atom. The Bertz CT molecular complexity index is 440. The standard InChI is InChI=1S/C15H20BrNO/c1-3-15(4-2)7-8-17(11-15)14-6-5-13(16)9-12(14)10-18/h5-6,9-10H,3-4,7-8,11H2,1-2H3. The zero-order chi connectivity index (χ0) is 13.2. The first-order chi connectivity index (χ1) is 8.64. The van der Waals surface area contributed by atoms with E-state index < -0.39 is 0 Å². The Hall–Kier alpha value is -0.830. The molecule has 1 heterocycles. The zero-order valence-electron chi connectivity index (χ0n) is 11.1. The predicted molar refractivity (Wildman–Crippen MR) is 79.4 cm³/mol. The van der Waals surface area contributed by atoms with Crippen LogP contribution in [0.1, 0.15) is 43.5 Å². The fourth-order valence-electron chi connectivity index (χ4n) is 2.88. The third-order valence-electron chi connectivity index (χ3n) is 4.40. The molecule has 1 fully saturated rings. The lowest BCUT2D eigenvalue weighted by molar-refractivity contribution is 0.112. The SMILES string of the molecule is CCC1(CC)CCN(c2ccc(Br)cc2C=O)C1. The minimum atomic E-state index is 0.438. The smallest absolute Gasteiger partial charge is 0.152 e. The van der Waals surface area contributed by atoms with Crippen LogP contribution in [0.4, 0.5) is 5.69 Å². The summed E-state index contributed by atoms with van der Waals surface area (Å²) in [6.45, 7) is 6.68. The third kappa shape index (κ3) is 2.46. The number of carbonyl (C=O) groups excluding carboxylic acids is 1. The monoisotopic (exact) mass is 309 g/mol. The highest BCUT2D eigenvalue weighted by molar-refractivity contribution is 9.10. The van der Waals surface area contributed by atoms with Gasteiger partial charge in [0.2, 0.25) is 0 Å². The molecule has 18 heavy (non-hydrogen) atoms. The number of carbonyl (C=O) groups is 1. The van der Waals surface area contributed by atoms with E-state index in [-0.39, 0.29) is 0 Å². The van der Waals surface area contributed by atoms with Gasteiger partial charge < -0.3 is 4.90 Å². The second-order valence-electron chi connectivity index (χ2n) is 5.20. The number of hydrogen-bond acceptors (Lipinski definition) is 2. The topological polar surface area (TPSA) is 20.3 Å². The van der Waals surface area contributed by atoms with Gasteiger partial charge in [0, 0.05) is 28.8 Å². The van der Waals surface area contributed by atoms with Gasteiger partial charge in [0.25, 0.3) is 0 Å². The highest BCUT2D eigenvalue weighted by Crippen LogP contribution is 2.39. The van der Waals surface area contributed by atoms with Crippen LogP contribution in [-0.4, -0.2) is 19.4 Å². The average molecular weight is 310 g/mol. The minimum Gasteiger partial charge on any atom is -0.370 e. The summed E-state index contributed by atoms with van der Waals surface area (Å²) in [7, 11) is 0. The van der Waals surface area contributed by atoms with Gasteiger partial charge in [0.15, 0.2) is 6.29 Å². The van der Waals surface area contributed by atoms with Crippen LogP contribution in [-0.2, 0) is 0 Å². The van der Waals surface area contributed by atoms with Crippen molar-refractivity contribution in [2.45, 2.75) is 33.1 Å². The fourth-order valence-corrected chi connectivity index (χ4v) is 3.25. The Morgan fingerprint density at radius 1 is 1.39 bits per heavy atom. The van der Waals surface area contributed by atoms with E-state index >= 15 is 0 Å². The van der Waals surface area contributed by atoms with Crippen molar-refractivity contribution in [2.24, 2.45) is 5.41 Å². The summed E-state index contributed by atoms with van der Waals surface area (Å²) < 4.78 is 0.963. The van der Waals surface area contributed by atoms with E-state index in [1.165, 1.54) is 19.3 Å². The Kier molecular flexibility index (Phi) is 4.10. The molecule has 1 aromatic carbocycles. The van der Waals surface area contributed by atoms with Gasteiger partial charge in [-0.05, 0) is 42.9 Å². The van der Waals surface area contributed by atoms with Crippen LogP contribution in [0.3, 0.4) is 0 Å². The molecule has 2 rings (SSSR count). The molecule has 0 radical (unpaired) electrons. The lowest BCUT2D eigenvalue weighted by Gasteiger charge is -2.27. The van der Waals surface area contributed by atoms with Gasteiger partial charge in [0.05, 0.1) is 0 Å². The summed E-state index contributed by atoms with van der Waals surface area (Å²) in [4.78, 5) is 13.6. The molecule has 2 nitrogen and oxygen atoms in total. The van der Waals surface area contributed by atoms with Crippen molar-refractivity contribution in [3.63, 3.8) is 0 Å². The lowest BCUT2D eigenvalue weighted by Crippen LogP contribution is -2.26. The van der Waals surface area contributed by atoms with Crippen molar-refractivity contribution >= 4 is 27.9 Å². The summed E-state index contributed by atoms with van der Waals surface area (Å²) >= 11 is 3.42. The van der Waals surface area contributed by atoms with Gasteiger partial charge >= 0.3 is 0 Å². The number of benzene rings is 1. The van der Waals surface area contributed by atoms with Crippen molar-refractivity contribution in [3.05, 3.63) is 28.2 Å². The van der Waals surface area contributed by atoms with E-state index in [9.17, 15) is 4.79 Å². The summed E-state index contributed by atoms with van der Waals surface area (Å²) in [5.74, 6) is 0. The molecule has 0 N–H and O–H groups in total. The number of anilines is 1. The normalized spacial score (nSPS) is 18.1. The molecule has 98 valence electrons. The molecule has 1 saturated heterocycles. The highest BCUT2D eigenvalue weighted by atomic mass is 79.9. The predicted octanol–water partition coefficient (Wildman–Crippen LogP) is 4.28. The first kappa shape index (κ1) is 13.6. The second-order valence-corrected chi connectivity index (χ2v) is 6.12. The maximum absolute atomic E-state index is 11.2. The van der Waals surface area contributed by atoms with E-state index in [2.05, 4.69) is 40.7 Å². The van der Waals surface area contributed by atoms with Crippen molar-refractivity contribution < 1.29 is 4.79 Å². The van der Waals surface area contributed by atoms with E-state index in [0.29, 0.717) is 5.41 Å². The van der Waals surface area contributed by atoms with Gasteiger partial charge in [0.1, 0.15) is 0 Å². The molecule has 3 heteroatoms.